The van der Waals surface area contributed by atoms with Crippen molar-refractivity contribution in [2.75, 3.05) is 38.8 Å². The molecule has 0 atom stereocenters. The van der Waals surface area contributed by atoms with Crippen LogP contribution in [0, 0.1) is 0 Å². The normalized spacial score (nSPS) is 14.4. The van der Waals surface area contributed by atoms with Gasteiger partial charge in [0.05, 0.1) is 13.2 Å². The molecule has 1 fully saturated rings. The molecule has 1 N–H and O–H groups in total. The van der Waals surface area contributed by atoms with Gasteiger partial charge in [0, 0.05) is 38.7 Å². The van der Waals surface area contributed by atoms with Crippen molar-refractivity contribution >= 4 is 5.82 Å². The summed E-state index contributed by atoms with van der Waals surface area (Å²) in [4.78, 5) is 16.2. The van der Waals surface area contributed by atoms with E-state index in [2.05, 4.69) is 10.3 Å². The minimum atomic E-state index is -0.00801. The summed E-state index contributed by atoms with van der Waals surface area (Å²) in [6.45, 7) is 2.73. The minimum absolute atomic E-state index is 0.00801. The zero-order chi connectivity index (χ0) is 14.2. The monoisotopic (exact) mass is 281 g/mol. The van der Waals surface area contributed by atoms with Gasteiger partial charge >= 0.3 is 0 Å². The Kier molecular flexibility index (Phi) is 6.01. The number of aromatic nitrogens is 2. The molecule has 1 saturated carbocycles. The molecule has 0 bridgehead atoms. The van der Waals surface area contributed by atoms with Gasteiger partial charge in [-0.3, -0.25) is 4.79 Å². The first kappa shape index (κ1) is 15.0. The topological polar surface area (TPSA) is 65.4 Å². The van der Waals surface area contributed by atoms with Crippen molar-refractivity contribution < 1.29 is 9.47 Å². The lowest BCUT2D eigenvalue weighted by molar-refractivity contribution is 0.0691. The molecule has 1 aromatic heterocycles. The van der Waals surface area contributed by atoms with Gasteiger partial charge in [-0.15, -0.1) is 0 Å². The fraction of sp³-hybridized carbons (Fsp3) is 0.714. The van der Waals surface area contributed by atoms with Gasteiger partial charge < -0.3 is 19.4 Å². The highest BCUT2D eigenvalue weighted by Crippen LogP contribution is 2.33. The smallest absolute Gasteiger partial charge is 0.293 e. The summed E-state index contributed by atoms with van der Waals surface area (Å²) in [6.07, 6.45) is 7.57. The zero-order valence-corrected chi connectivity index (χ0v) is 12.0. The summed E-state index contributed by atoms with van der Waals surface area (Å²) in [5.41, 5.74) is -0.00801. The van der Waals surface area contributed by atoms with Crippen molar-refractivity contribution in [2.45, 2.75) is 31.7 Å². The average Bonchev–Trinajstić information content (AvgIpc) is 3.28. The molecule has 0 radical (unpaired) electrons. The molecule has 0 aliphatic heterocycles. The van der Waals surface area contributed by atoms with Crippen LogP contribution in [-0.4, -0.2) is 43.0 Å². The van der Waals surface area contributed by atoms with E-state index in [9.17, 15) is 4.79 Å². The van der Waals surface area contributed by atoms with Crippen LogP contribution in [0.15, 0.2) is 17.2 Å². The van der Waals surface area contributed by atoms with Gasteiger partial charge in [0.15, 0.2) is 5.82 Å². The van der Waals surface area contributed by atoms with E-state index >= 15 is 0 Å². The van der Waals surface area contributed by atoms with Crippen molar-refractivity contribution in [3.8, 4) is 0 Å². The van der Waals surface area contributed by atoms with E-state index in [1.807, 2.05) is 0 Å². The highest BCUT2D eigenvalue weighted by atomic mass is 16.5. The highest BCUT2D eigenvalue weighted by Gasteiger charge is 2.25. The number of methoxy groups -OCH3 is 1. The van der Waals surface area contributed by atoms with Crippen LogP contribution < -0.4 is 10.9 Å². The van der Waals surface area contributed by atoms with Crippen LogP contribution in [0.1, 0.15) is 31.7 Å². The lowest BCUT2D eigenvalue weighted by atomic mass is 10.3. The Labute approximate surface area is 119 Å². The molecule has 112 valence electrons. The quantitative estimate of drug-likeness (QED) is 0.657. The van der Waals surface area contributed by atoms with Crippen LogP contribution in [0.2, 0.25) is 0 Å². The summed E-state index contributed by atoms with van der Waals surface area (Å²) >= 11 is 0. The molecule has 1 aliphatic carbocycles. The number of unbranched alkanes of at least 4 members (excludes halogenated alkanes) is 1. The van der Waals surface area contributed by atoms with Crippen LogP contribution in [0.4, 0.5) is 5.82 Å². The van der Waals surface area contributed by atoms with E-state index in [1.165, 1.54) is 0 Å². The second-order valence-corrected chi connectivity index (χ2v) is 4.96. The SMILES string of the molecule is COCCOCCCCNc1nccn(C2CC2)c1=O. The average molecular weight is 281 g/mol. The molecule has 20 heavy (non-hydrogen) atoms. The first-order chi connectivity index (χ1) is 9.83. The molecular weight excluding hydrogens is 258 g/mol. The summed E-state index contributed by atoms with van der Waals surface area (Å²) in [5, 5.41) is 3.11. The number of nitrogens with zero attached hydrogens (tertiary/aromatic N) is 2. The maximum Gasteiger partial charge on any atom is 0.293 e. The molecule has 0 amide bonds. The number of nitrogens with one attached hydrogen (secondary N) is 1. The van der Waals surface area contributed by atoms with E-state index in [4.69, 9.17) is 9.47 Å². The van der Waals surface area contributed by atoms with Crippen LogP contribution in [0.3, 0.4) is 0 Å². The summed E-state index contributed by atoms with van der Waals surface area (Å²) in [7, 11) is 1.66. The number of ether oxygens (including phenoxy) is 2. The second kappa shape index (κ2) is 8.01. The maximum absolute atomic E-state index is 12.1. The molecular formula is C14H23N3O3. The summed E-state index contributed by atoms with van der Waals surface area (Å²) in [6, 6.07) is 0.389. The first-order valence-corrected chi connectivity index (χ1v) is 7.20. The van der Waals surface area contributed by atoms with Gasteiger partial charge in [-0.25, -0.2) is 4.98 Å². The maximum atomic E-state index is 12.1. The van der Waals surface area contributed by atoms with Crippen molar-refractivity contribution in [1.29, 1.82) is 0 Å². The number of hydrogen-bond donors (Lipinski definition) is 1. The molecule has 2 rings (SSSR count). The Morgan fingerprint density at radius 1 is 1.35 bits per heavy atom. The van der Waals surface area contributed by atoms with E-state index in [0.717, 1.165) is 38.8 Å². The fourth-order valence-corrected chi connectivity index (χ4v) is 1.97. The van der Waals surface area contributed by atoms with Crippen LogP contribution in [0.25, 0.3) is 0 Å². The fourth-order valence-electron chi connectivity index (χ4n) is 1.97. The molecule has 6 heteroatoms. The van der Waals surface area contributed by atoms with Crippen molar-refractivity contribution in [3.63, 3.8) is 0 Å². The third-order valence-corrected chi connectivity index (χ3v) is 3.25. The Morgan fingerprint density at radius 3 is 2.95 bits per heavy atom. The first-order valence-electron chi connectivity index (χ1n) is 7.20. The molecule has 0 saturated heterocycles. The van der Waals surface area contributed by atoms with Crippen molar-refractivity contribution in [2.24, 2.45) is 0 Å². The summed E-state index contributed by atoms with van der Waals surface area (Å²) in [5.74, 6) is 0.458. The number of hydrogen-bond acceptors (Lipinski definition) is 5. The van der Waals surface area contributed by atoms with Gasteiger partial charge in [0.25, 0.3) is 5.56 Å². The van der Waals surface area contributed by atoms with E-state index in [-0.39, 0.29) is 5.56 Å². The highest BCUT2D eigenvalue weighted by molar-refractivity contribution is 5.30. The molecule has 1 aliphatic rings. The van der Waals surface area contributed by atoms with Gasteiger partial charge in [-0.2, -0.15) is 0 Å². The largest absolute Gasteiger partial charge is 0.382 e. The third-order valence-electron chi connectivity index (χ3n) is 3.25. The lowest BCUT2D eigenvalue weighted by Gasteiger charge is -2.08. The van der Waals surface area contributed by atoms with Gasteiger partial charge in [-0.1, -0.05) is 0 Å². The lowest BCUT2D eigenvalue weighted by Crippen LogP contribution is -2.24. The zero-order valence-electron chi connectivity index (χ0n) is 12.0. The number of rotatable bonds is 10. The van der Waals surface area contributed by atoms with Crippen molar-refractivity contribution in [1.82, 2.24) is 9.55 Å². The molecule has 0 spiro atoms. The summed E-state index contributed by atoms with van der Waals surface area (Å²) < 4.78 is 12.0. The Bertz CT molecular complexity index is 457. The predicted molar refractivity (Wildman–Crippen MR) is 77.2 cm³/mol. The third kappa shape index (κ3) is 4.61. The van der Waals surface area contributed by atoms with Crippen LogP contribution in [-0.2, 0) is 9.47 Å². The molecule has 1 heterocycles. The number of anilines is 1. The van der Waals surface area contributed by atoms with Crippen LogP contribution >= 0.6 is 0 Å². The molecule has 0 aromatic carbocycles. The van der Waals surface area contributed by atoms with Crippen LogP contribution in [0.5, 0.6) is 0 Å². The Balaban J connectivity index is 1.64. The van der Waals surface area contributed by atoms with Crippen molar-refractivity contribution in [3.05, 3.63) is 22.7 Å². The second-order valence-electron chi connectivity index (χ2n) is 4.96. The van der Waals surface area contributed by atoms with E-state index in [1.54, 1.807) is 24.1 Å². The Morgan fingerprint density at radius 2 is 2.20 bits per heavy atom. The Hall–Kier alpha value is -1.40. The minimum Gasteiger partial charge on any atom is -0.382 e. The van der Waals surface area contributed by atoms with Gasteiger partial charge in [0.1, 0.15) is 0 Å². The van der Waals surface area contributed by atoms with Gasteiger partial charge in [-0.05, 0) is 25.7 Å². The van der Waals surface area contributed by atoms with Gasteiger partial charge in [0.2, 0.25) is 0 Å². The molecule has 0 unspecified atom stereocenters. The van der Waals surface area contributed by atoms with E-state index in [0.29, 0.717) is 25.1 Å². The van der Waals surface area contributed by atoms with E-state index < -0.39 is 0 Å². The molecule has 6 nitrogen and oxygen atoms in total. The molecule has 1 aromatic rings. The predicted octanol–water partition coefficient (Wildman–Crippen LogP) is 1.43. The standard InChI is InChI=1S/C14H23N3O3/c1-19-10-11-20-9-3-2-6-15-13-14(18)17(8-7-16-13)12-4-5-12/h7-8,12H,2-6,9-11H2,1H3,(H,15,16).